The Morgan fingerprint density at radius 1 is 1.17 bits per heavy atom. The Morgan fingerprint density at radius 3 is 2.67 bits per heavy atom. The van der Waals surface area contributed by atoms with Gasteiger partial charge in [0.15, 0.2) is 0 Å². The lowest BCUT2D eigenvalue weighted by Crippen LogP contribution is -2.31. The van der Waals surface area contributed by atoms with E-state index in [2.05, 4.69) is 28.6 Å². The van der Waals surface area contributed by atoms with Gasteiger partial charge in [0, 0.05) is 5.92 Å². The van der Waals surface area contributed by atoms with Crippen molar-refractivity contribution >= 4 is 16.9 Å². The van der Waals surface area contributed by atoms with Crippen LogP contribution in [-0.4, -0.2) is 22.1 Å². The number of ether oxygens (including phenoxy) is 1. The van der Waals surface area contributed by atoms with Crippen LogP contribution in [0.5, 0.6) is 5.75 Å². The average Bonchev–Trinajstić information content (AvgIpc) is 3.12. The molecule has 0 unspecified atom stereocenters. The summed E-state index contributed by atoms with van der Waals surface area (Å²) in [5.41, 5.74) is 3.10. The first-order valence-corrected chi connectivity index (χ1v) is 10.7. The zero-order chi connectivity index (χ0) is 21.3. The van der Waals surface area contributed by atoms with Gasteiger partial charge in [-0.05, 0) is 43.0 Å². The molecule has 0 radical (unpaired) electrons. The Labute approximate surface area is 178 Å². The van der Waals surface area contributed by atoms with Crippen LogP contribution in [0.25, 0.3) is 11.0 Å². The third kappa shape index (κ3) is 5.09. The molecule has 0 saturated heterocycles. The minimum absolute atomic E-state index is 0.0486. The van der Waals surface area contributed by atoms with Crippen LogP contribution in [-0.2, 0) is 24.3 Å². The molecule has 30 heavy (non-hydrogen) atoms. The highest BCUT2D eigenvalue weighted by Crippen LogP contribution is 2.20. The van der Waals surface area contributed by atoms with Crippen LogP contribution in [0, 0.1) is 5.92 Å². The molecule has 5 nitrogen and oxygen atoms in total. The number of aromatic nitrogens is 2. The molecule has 2 aromatic carbocycles. The molecule has 3 rings (SSSR count). The van der Waals surface area contributed by atoms with E-state index in [1.807, 2.05) is 56.3 Å². The Balaban J connectivity index is 1.73. The lowest BCUT2D eigenvalue weighted by atomic mass is 10.0. The smallest absolute Gasteiger partial charge is 0.223 e. The van der Waals surface area contributed by atoms with Gasteiger partial charge in [-0.25, -0.2) is 4.98 Å². The van der Waals surface area contributed by atoms with Gasteiger partial charge in [-0.15, -0.1) is 6.58 Å². The second-order valence-electron chi connectivity index (χ2n) is 7.35. The van der Waals surface area contributed by atoms with Gasteiger partial charge in [0.1, 0.15) is 18.2 Å². The number of carbonyl (C=O) groups excluding carboxylic acids is 1. The van der Waals surface area contributed by atoms with Crippen molar-refractivity contribution in [3.05, 3.63) is 72.6 Å². The zero-order valence-corrected chi connectivity index (χ0v) is 17.9. The maximum Gasteiger partial charge on any atom is 0.223 e. The molecule has 158 valence electrons. The van der Waals surface area contributed by atoms with Crippen LogP contribution in [0.15, 0.2) is 61.2 Å². The number of nitrogens with one attached hydrogen (secondary N) is 1. The highest BCUT2D eigenvalue weighted by Gasteiger charge is 2.16. The third-order valence-electron chi connectivity index (χ3n) is 5.42. The molecule has 5 heteroatoms. The van der Waals surface area contributed by atoms with Crippen LogP contribution >= 0.6 is 0 Å². The van der Waals surface area contributed by atoms with E-state index < -0.39 is 0 Å². The summed E-state index contributed by atoms with van der Waals surface area (Å²) < 4.78 is 8.22. The number of allylic oxidation sites excluding steroid dienone is 1. The monoisotopic (exact) mass is 405 g/mol. The third-order valence-corrected chi connectivity index (χ3v) is 5.42. The molecule has 1 amide bonds. The first-order chi connectivity index (χ1) is 14.7. The predicted octanol–water partition coefficient (Wildman–Crippen LogP) is 4.90. The van der Waals surface area contributed by atoms with E-state index in [1.54, 1.807) is 0 Å². The lowest BCUT2D eigenvalue weighted by Gasteiger charge is -2.15. The molecule has 3 aromatic rings. The molecule has 0 spiro atoms. The summed E-state index contributed by atoms with van der Waals surface area (Å²) in [5.74, 6) is 1.87. The zero-order valence-electron chi connectivity index (χ0n) is 17.9. The standard InChI is InChI=1S/C25H31N3O2/c1-4-11-20-12-7-10-15-23(20)30-17-16-28-22-14-9-8-13-21(22)27-24(28)18-26-25(29)19(5-2)6-3/h4,7-10,12-15,19H,1,5-6,11,16-18H2,2-3H3,(H,26,29). The summed E-state index contributed by atoms with van der Waals surface area (Å²) in [6.07, 6.45) is 4.34. The van der Waals surface area contributed by atoms with Gasteiger partial charge >= 0.3 is 0 Å². The van der Waals surface area contributed by atoms with E-state index >= 15 is 0 Å². The minimum atomic E-state index is 0.0486. The molecule has 0 atom stereocenters. The van der Waals surface area contributed by atoms with E-state index in [1.165, 1.54) is 0 Å². The van der Waals surface area contributed by atoms with E-state index in [-0.39, 0.29) is 11.8 Å². The number of rotatable bonds is 11. The van der Waals surface area contributed by atoms with Crippen molar-refractivity contribution in [1.82, 2.24) is 14.9 Å². The highest BCUT2D eigenvalue weighted by atomic mass is 16.5. The number of benzene rings is 2. The molecule has 0 fully saturated rings. The van der Waals surface area contributed by atoms with Gasteiger partial charge < -0.3 is 14.6 Å². The molecule has 1 N–H and O–H groups in total. The van der Waals surface area contributed by atoms with Gasteiger partial charge in [-0.1, -0.05) is 50.3 Å². The molecule has 0 aliphatic heterocycles. The van der Waals surface area contributed by atoms with Crippen LogP contribution in [0.2, 0.25) is 0 Å². The number of imidazole rings is 1. The summed E-state index contributed by atoms with van der Waals surface area (Å²) in [7, 11) is 0. The summed E-state index contributed by atoms with van der Waals surface area (Å²) in [6.45, 7) is 9.49. The lowest BCUT2D eigenvalue weighted by molar-refractivity contribution is -0.125. The van der Waals surface area contributed by atoms with E-state index in [0.29, 0.717) is 19.7 Å². The number of nitrogens with zero attached hydrogens (tertiary/aromatic N) is 2. The first kappa shape index (κ1) is 21.6. The van der Waals surface area contributed by atoms with E-state index in [0.717, 1.165) is 47.4 Å². The molecular weight excluding hydrogens is 374 g/mol. The van der Waals surface area contributed by atoms with Crippen LogP contribution < -0.4 is 10.1 Å². The molecular formula is C25H31N3O2. The van der Waals surface area contributed by atoms with Crippen LogP contribution in [0.1, 0.15) is 38.1 Å². The van der Waals surface area contributed by atoms with E-state index in [4.69, 9.17) is 9.72 Å². The molecule has 0 saturated carbocycles. The molecule has 1 aromatic heterocycles. The first-order valence-electron chi connectivity index (χ1n) is 10.7. The maximum absolute atomic E-state index is 12.4. The number of fused-ring (bicyclic) bond motifs is 1. The fourth-order valence-electron chi connectivity index (χ4n) is 3.70. The highest BCUT2D eigenvalue weighted by molar-refractivity contribution is 5.79. The molecule has 1 heterocycles. The number of carbonyl (C=O) groups is 1. The number of hydrogen-bond donors (Lipinski definition) is 1. The topological polar surface area (TPSA) is 56.1 Å². The molecule has 0 aliphatic carbocycles. The number of amides is 1. The van der Waals surface area contributed by atoms with Crippen molar-refractivity contribution in [3.8, 4) is 5.75 Å². The van der Waals surface area contributed by atoms with E-state index in [9.17, 15) is 4.79 Å². The Hall–Kier alpha value is -3.08. The van der Waals surface area contributed by atoms with Gasteiger partial charge in [0.05, 0.1) is 24.1 Å². The Kier molecular flexibility index (Phi) is 7.66. The maximum atomic E-state index is 12.4. The summed E-state index contributed by atoms with van der Waals surface area (Å²) in [4.78, 5) is 17.2. The molecule has 0 aliphatic rings. The van der Waals surface area contributed by atoms with Gasteiger partial charge in [0.2, 0.25) is 5.91 Å². The Bertz CT molecular complexity index is 989. The fraction of sp³-hybridized carbons (Fsp3) is 0.360. The quantitative estimate of drug-likeness (QED) is 0.462. The molecule has 0 bridgehead atoms. The largest absolute Gasteiger partial charge is 0.491 e. The van der Waals surface area contributed by atoms with Gasteiger partial charge in [0.25, 0.3) is 0 Å². The SMILES string of the molecule is C=CCc1ccccc1OCCn1c(CNC(=O)C(CC)CC)nc2ccccc21. The van der Waals surface area contributed by atoms with Crippen molar-refractivity contribution in [1.29, 1.82) is 0 Å². The van der Waals surface area contributed by atoms with Gasteiger partial charge in [-0.2, -0.15) is 0 Å². The summed E-state index contributed by atoms with van der Waals surface area (Å²) in [5, 5.41) is 3.06. The van der Waals surface area contributed by atoms with Crippen molar-refractivity contribution in [2.24, 2.45) is 5.92 Å². The van der Waals surface area contributed by atoms with Crippen LogP contribution in [0.4, 0.5) is 0 Å². The van der Waals surface area contributed by atoms with Crippen molar-refractivity contribution < 1.29 is 9.53 Å². The number of para-hydroxylation sites is 3. The summed E-state index contributed by atoms with van der Waals surface area (Å²) in [6, 6.07) is 16.1. The van der Waals surface area contributed by atoms with Gasteiger partial charge in [-0.3, -0.25) is 4.79 Å². The van der Waals surface area contributed by atoms with Crippen molar-refractivity contribution in [2.45, 2.75) is 46.2 Å². The van der Waals surface area contributed by atoms with Crippen molar-refractivity contribution in [3.63, 3.8) is 0 Å². The second-order valence-corrected chi connectivity index (χ2v) is 7.35. The second kappa shape index (κ2) is 10.6. The number of hydrogen-bond acceptors (Lipinski definition) is 3. The Morgan fingerprint density at radius 2 is 1.90 bits per heavy atom. The normalized spacial score (nSPS) is 11.0. The van der Waals surface area contributed by atoms with Crippen molar-refractivity contribution in [2.75, 3.05) is 6.61 Å². The minimum Gasteiger partial charge on any atom is -0.491 e. The van der Waals surface area contributed by atoms with Crippen LogP contribution in [0.3, 0.4) is 0 Å². The average molecular weight is 406 g/mol. The predicted molar refractivity (Wildman–Crippen MR) is 121 cm³/mol. The summed E-state index contributed by atoms with van der Waals surface area (Å²) >= 11 is 0. The fourth-order valence-corrected chi connectivity index (χ4v) is 3.70.